The lowest BCUT2D eigenvalue weighted by Gasteiger charge is -2.20. The molecular formula is C15H24N2. The number of nitrogens with zero attached hydrogens (tertiary/aromatic N) is 1. The second-order valence-electron chi connectivity index (χ2n) is 4.73. The Bertz CT molecular complexity index is 383. The van der Waals surface area contributed by atoms with E-state index in [0.717, 1.165) is 30.8 Å². The normalized spacial score (nSPS) is 12.5. The highest BCUT2D eigenvalue weighted by Gasteiger charge is 2.13. The molecule has 0 spiro atoms. The van der Waals surface area contributed by atoms with Crippen molar-refractivity contribution in [2.24, 2.45) is 0 Å². The molecule has 0 saturated heterocycles. The lowest BCUT2D eigenvalue weighted by Crippen LogP contribution is -2.22. The number of aryl methyl sites for hydroxylation is 2. The van der Waals surface area contributed by atoms with Crippen LogP contribution in [0.2, 0.25) is 0 Å². The Morgan fingerprint density at radius 2 is 2.12 bits per heavy atom. The molecule has 0 aliphatic heterocycles. The molecule has 1 N–H and O–H groups in total. The van der Waals surface area contributed by atoms with Gasteiger partial charge >= 0.3 is 0 Å². The van der Waals surface area contributed by atoms with Crippen LogP contribution < -0.4 is 5.32 Å². The van der Waals surface area contributed by atoms with Gasteiger partial charge < -0.3 is 5.32 Å². The van der Waals surface area contributed by atoms with Gasteiger partial charge in [0.1, 0.15) is 0 Å². The third-order valence-electron chi connectivity index (χ3n) is 2.95. The van der Waals surface area contributed by atoms with E-state index in [2.05, 4.69) is 49.8 Å². The van der Waals surface area contributed by atoms with E-state index in [1.807, 2.05) is 6.92 Å². The van der Waals surface area contributed by atoms with E-state index in [1.165, 1.54) is 11.1 Å². The topological polar surface area (TPSA) is 24.9 Å². The van der Waals surface area contributed by atoms with Crippen molar-refractivity contribution in [3.05, 3.63) is 41.2 Å². The summed E-state index contributed by atoms with van der Waals surface area (Å²) in [4.78, 5) is 4.54. The minimum atomic E-state index is 0.393. The summed E-state index contributed by atoms with van der Waals surface area (Å²) in [6, 6.07) is 4.68. The molecule has 1 rings (SSSR count). The molecule has 0 aromatic carbocycles. The summed E-state index contributed by atoms with van der Waals surface area (Å²) in [5, 5.41) is 3.53. The van der Waals surface area contributed by atoms with Gasteiger partial charge in [0.05, 0.1) is 0 Å². The maximum absolute atomic E-state index is 4.54. The third kappa shape index (κ3) is 4.31. The Labute approximate surface area is 105 Å². The predicted octanol–water partition coefficient (Wildman–Crippen LogP) is 3.71. The van der Waals surface area contributed by atoms with E-state index in [4.69, 9.17) is 0 Å². The second-order valence-corrected chi connectivity index (χ2v) is 4.73. The number of nitrogens with one attached hydrogen (secondary N) is 1. The summed E-state index contributed by atoms with van der Waals surface area (Å²) in [7, 11) is 0. The minimum Gasteiger partial charge on any atom is -0.310 e. The summed E-state index contributed by atoms with van der Waals surface area (Å²) in [5.41, 5.74) is 4.78. The van der Waals surface area contributed by atoms with Gasteiger partial charge in [0.2, 0.25) is 0 Å². The van der Waals surface area contributed by atoms with Gasteiger partial charge in [0.15, 0.2) is 0 Å². The molecule has 0 aliphatic carbocycles. The summed E-state index contributed by atoms with van der Waals surface area (Å²) >= 11 is 0. The van der Waals surface area contributed by atoms with Crippen LogP contribution in [0.1, 0.15) is 49.7 Å². The number of aromatic nitrogens is 1. The lowest BCUT2D eigenvalue weighted by atomic mass is 9.98. The van der Waals surface area contributed by atoms with Gasteiger partial charge in [-0.15, -0.1) is 6.58 Å². The number of pyridine rings is 1. The molecule has 0 amide bonds. The maximum atomic E-state index is 4.54. The highest BCUT2D eigenvalue weighted by atomic mass is 14.9. The van der Waals surface area contributed by atoms with Crippen LogP contribution in [0.5, 0.6) is 0 Å². The van der Waals surface area contributed by atoms with Crippen LogP contribution in [0.3, 0.4) is 0 Å². The van der Waals surface area contributed by atoms with Gasteiger partial charge in [-0.25, -0.2) is 0 Å². The number of hydrogen-bond acceptors (Lipinski definition) is 2. The zero-order valence-corrected chi connectivity index (χ0v) is 11.5. The molecule has 2 nitrogen and oxygen atoms in total. The third-order valence-corrected chi connectivity index (χ3v) is 2.95. The van der Waals surface area contributed by atoms with Crippen molar-refractivity contribution in [2.75, 3.05) is 6.54 Å². The van der Waals surface area contributed by atoms with Gasteiger partial charge in [0.25, 0.3) is 0 Å². The van der Waals surface area contributed by atoms with Crippen LogP contribution in [-0.4, -0.2) is 11.5 Å². The fourth-order valence-electron chi connectivity index (χ4n) is 2.07. The first-order chi connectivity index (χ1) is 8.04. The molecule has 0 saturated carbocycles. The van der Waals surface area contributed by atoms with Crippen LogP contribution >= 0.6 is 0 Å². The Morgan fingerprint density at radius 3 is 2.65 bits per heavy atom. The fraction of sp³-hybridized carbons (Fsp3) is 0.533. The van der Waals surface area contributed by atoms with Gasteiger partial charge in [-0.1, -0.05) is 18.6 Å². The molecule has 0 aliphatic rings. The first kappa shape index (κ1) is 13.9. The second kappa shape index (κ2) is 6.55. The lowest BCUT2D eigenvalue weighted by molar-refractivity contribution is 0.510. The Kier molecular flexibility index (Phi) is 5.36. The molecule has 0 radical (unpaired) electrons. The van der Waals surface area contributed by atoms with E-state index in [1.54, 1.807) is 0 Å². The molecule has 94 valence electrons. The average molecular weight is 232 g/mol. The van der Waals surface area contributed by atoms with Crippen molar-refractivity contribution in [1.82, 2.24) is 10.3 Å². The van der Waals surface area contributed by atoms with Crippen molar-refractivity contribution in [1.29, 1.82) is 0 Å². The molecule has 1 heterocycles. The van der Waals surface area contributed by atoms with Gasteiger partial charge in [-0.05, 0) is 51.8 Å². The van der Waals surface area contributed by atoms with Gasteiger partial charge in [0, 0.05) is 17.4 Å². The van der Waals surface area contributed by atoms with Crippen molar-refractivity contribution < 1.29 is 0 Å². The molecule has 1 unspecified atom stereocenters. The van der Waals surface area contributed by atoms with Gasteiger partial charge in [-0.3, -0.25) is 4.98 Å². The maximum Gasteiger partial charge on any atom is 0.0423 e. The van der Waals surface area contributed by atoms with Crippen LogP contribution in [-0.2, 0) is 0 Å². The zero-order chi connectivity index (χ0) is 12.8. The van der Waals surface area contributed by atoms with E-state index in [0.29, 0.717) is 6.04 Å². The Balaban J connectivity index is 2.84. The number of rotatable bonds is 6. The van der Waals surface area contributed by atoms with Crippen molar-refractivity contribution in [2.45, 2.75) is 46.6 Å². The standard InChI is InChI=1S/C15H24N2/c1-6-16-15(10-7-11(2)3)14-9-8-12(4)17-13(14)5/h8-9,15-16H,2,6-7,10H2,1,3-5H3. The van der Waals surface area contributed by atoms with E-state index < -0.39 is 0 Å². The van der Waals surface area contributed by atoms with Crippen LogP contribution in [0.25, 0.3) is 0 Å². The smallest absolute Gasteiger partial charge is 0.0423 e. The highest BCUT2D eigenvalue weighted by Crippen LogP contribution is 2.22. The summed E-state index contributed by atoms with van der Waals surface area (Å²) in [5.74, 6) is 0. The van der Waals surface area contributed by atoms with Crippen LogP contribution in [0.4, 0.5) is 0 Å². The minimum absolute atomic E-state index is 0.393. The SMILES string of the molecule is C=C(C)CCC(NCC)c1ccc(C)nc1C. The Morgan fingerprint density at radius 1 is 1.41 bits per heavy atom. The van der Waals surface area contributed by atoms with Crippen LogP contribution in [0, 0.1) is 13.8 Å². The molecule has 1 aromatic heterocycles. The molecule has 17 heavy (non-hydrogen) atoms. The van der Waals surface area contributed by atoms with E-state index in [9.17, 15) is 0 Å². The van der Waals surface area contributed by atoms with Gasteiger partial charge in [-0.2, -0.15) is 0 Å². The zero-order valence-electron chi connectivity index (χ0n) is 11.5. The predicted molar refractivity (Wildman–Crippen MR) is 74.2 cm³/mol. The molecule has 1 atom stereocenters. The van der Waals surface area contributed by atoms with Crippen molar-refractivity contribution in [3.63, 3.8) is 0 Å². The first-order valence-electron chi connectivity index (χ1n) is 6.36. The summed E-state index contributed by atoms with van der Waals surface area (Å²) < 4.78 is 0. The average Bonchev–Trinajstić information content (AvgIpc) is 2.24. The molecule has 2 heteroatoms. The summed E-state index contributed by atoms with van der Waals surface area (Å²) in [6.07, 6.45) is 2.15. The number of allylic oxidation sites excluding steroid dienone is 1. The monoisotopic (exact) mass is 232 g/mol. The van der Waals surface area contributed by atoms with Crippen molar-refractivity contribution in [3.8, 4) is 0 Å². The number of hydrogen-bond donors (Lipinski definition) is 1. The largest absolute Gasteiger partial charge is 0.310 e. The quantitative estimate of drug-likeness (QED) is 0.756. The molecular weight excluding hydrogens is 208 g/mol. The molecule has 0 bridgehead atoms. The summed E-state index contributed by atoms with van der Waals surface area (Å²) in [6.45, 7) is 13.3. The fourth-order valence-corrected chi connectivity index (χ4v) is 2.07. The van der Waals surface area contributed by atoms with Crippen LogP contribution in [0.15, 0.2) is 24.3 Å². The first-order valence-corrected chi connectivity index (χ1v) is 6.36. The Hall–Kier alpha value is -1.15. The molecule has 0 fully saturated rings. The van der Waals surface area contributed by atoms with E-state index in [-0.39, 0.29) is 0 Å². The molecule has 1 aromatic rings. The van der Waals surface area contributed by atoms with Crippen molar-refractivity contribution >= 4 is 0 Å². The van der Waals surface area contributed by atoms with E-state index >= 15 is 0 Å². The highest BCUT2D eigenvalue weighted by molar-refractivity contribution is 5.25.